The highest BCUT2D eigenvalue weighted by Crippen LogP contribution is 2.22. The minimum atomic E-state index is -3.68. The number of esters is 1. The second-order valence-corrected chi connectivity index (χ2v) is 8.59. The van der Waals surface area contributed by atoms with Crippen LogP contribution in [-0.4, -0.2) is 43.8 Å². The fourth-order valence-electron chi connectivity index (χ4n) is 2.94. The molecule has 0 spiro atoms. The van der Waals surface area contributed by atoms with E-state index in [4.69, 9.17) is 4.74 Å². The van der Waals surface area contributed by atoms with E-state index in [1.165, 1.54) is 53.7 Å². The molecular formula is C20H21FN2O5S. The van der Waals surface area contributed by atoms with Crippen molar-refractivity contribution in [2.75, 3.05) is 18.4 Å². The lowest BCUT2D eigenvalue weighted by Crippen LogP contribution is -2.30. The molecular weight excluding hydrogens is 399 g/mol. The fourth-order valence-corrected chi connectivity index (χ4v) is 4.50. The highest BCUT2D eigenvalue weighted by atomic mass is 32.2. The largest absolute Gasteiger partial charge is 0.449 e. The summed E-state index contributed by atoms with van der Waals surface area (Å²) in [5.41, 5.74) is -0.0186. The number of benzene rings is 2. The van der Waals surface area contributed by atoms with Gasteiger partial charge in [-0.3, -0.25) is 4.79 Å². The number of para-hydroxylation sites is 1. The van der Waals surface area contributed by atoms with Gasteiger partial charge in [-0.25, -0.2) is 17.6 Å². The van der Waals surface area contributed by atoms with Crippen molar-refractivity contribution in [3.8, 4) is 0 Å². The quantitative estimate of drug-likeness (QED) is 0.726. The van der Waals surface area contributed by atoms with Crippen LogP contribution in [0.2, 0.25) is 0 Å². The molecule has 1 aliphatic rings. The Morgan fingerprint density at radius 2 is 1.79 bits per heavy atom. The van der Waals surface area contributed by atoms with Crippen LogP contribution in [0.5, 0.6) is 0 Å². The van der Waals surface area contributed by atoms with Crippen LogP contribution in [0.25, 0.3) is 0 Å². The number of amides is 1. The average molecular weight is 420 g/mol. The van der Waals surface area contributed by atoms with Crippen LogP contribution in [0.15, 0.2) is 53.4 Å². The Kier molecular flexibility index (Phi) is 6.29. The predicted octanol–water partition coefficient (Wildman–Crippen LogP) is 2.79. The summed E-state index contributed by atoms with van der Waals surface area (Å²) in [7, 11) is -3.68. The molecule has 0 aromatic heterocycles. The molecule has 1 fully saturated rings. The topological polar surface area (TPSA) is 92.8 Å². The monoisotopic (exact) mass is 420 g/mol. The molecule has 9 heteroatoms. The summed E-state index contributed by atoms with van der Waals surface area (Å²) < 4.78 is 45.4. The number of halogens is 1. The van der Waals surface area contributed by atoms with Crippen molar-refractivity contribution in [3.05, 3.63) is 59.9 Å². The van der Waals surface area contributed by atoms with Crippen molar-refractivity contribution >= 4 is 27.6 Å². The van der Waals surface area contributed by atoms with Gasteiger partial charge in [0.05, 0.1) is 16.1 Å². The molecule has 1 aliphatic heterocycles. The van der Waals surface area contributed by atoms with Gasteiger partial charge in [-0.05, 0) is 50.1 Å². The molecule has 3 rings (SSSR count). The van der Waals surface area contributed by atoms with Crippen LogP contribution in [0, 0.1) is 5.82 Å². The van der Waals surface area contributed by atoms with Gasteiger partial charge in [0.25, 0.3) is 5.91 Å². The van der Waals surface area contributed by atoms with Crippen LogP contribution < -0.4 is 5.32 Å². The molecule has 1 amide bonds. The molecule has 0 aliphatic carbocycles. The summed E-state index contributed by atoms with van der Waals surface area (Å²) in [5.74, 6) is -2.16. The third-order valence-corrected chi connectivity index (χ3v) is 6.45. The van der Waals surface area contributed by atoms with E-state index in [9.17, 15) is 22.4 Å². The van der Waals surface area contributed by atoms with Crippen LogP contribution in [-0.2, 0) is 19.6 Å². The van der Waals surface area contributed by atoms with Crippen molar-refractivity contribution in [1.29, 1.82) is 0 Å². The van der Waals surface area contributed by atoms with Crippen molar-refractivity contribution in [2.24, 2.45) is 0 Å². The van der Waals surface area contributed by atoms with Gasteiger partial charge in [-0.2, -0.15) is 4.31 Å². The number of nitrogens with one attached hydrogen (secondary N) is 1. The van der Waals surface area contributed by atoms with Gasteiger partial charge < -0.3 is 10.1 Å². The Morgan fingerprint density at radius 3 is 2.48 bits per heavy atom. The summed E-state index contributed by atoms with van der Waals surface area (Å²) in [6.45, 7) is 2.24. The maximum Gasteiger partial charge on any atom is 0.338 e. The van der Waals surface area contributed by atoms with E-state index >= 15 is 0 Å². The molecule has 0 saturated carbocycles. The third kappa shape index (κ3) is 4.80. The molecule has 1 saturated heterocycles. The van der Waals surface area contributed by atoms with Crippen LogP contribution >= 0.6 is 0 Å². The highest BCUT2D eigenvalue weighted by molar-refractivity contribution is 7.89. The van der Waals surface area contributed by atoms with Crippen molar-refractivity contribution in [1.82, 2.24) is 4.31 Å². The van der Waals surface area contributed by atoms with E-state index in [1.807, 2.05) is 0 Å². The van der Waals surface area contributed by atoms with Gasteiger partial charge in [-0.1, -0.05) is 18.2 Å². The van der Waals surface area contributed by atoms with Gasteiger partial charge >= 0.3 is 5.97 Å². The molecule has 154 valence electrons. The Hall–Kier alpha value is -2.78. The number of carbonyl (C=O) groups is 2. The lowest BCUT2D eigenvalue weighted by molar-refractivity contribution is -0.123. The van der Waals surface area contributed by atoms with E-state index in [2.05, 4.69) is 5.32 Å². The van der Waals surface area contributed by atoms with Gasteiger partial charge in [-0.15, -0.1) is 0 Å². The summed E-state index contributed by atoms with van der Waals surface area (Å²) in [5, 5.41) is 2.35. The molecule has 1 heterocycles. The lowest BCUT2D eigenvalue weighted by Gasteiger charge is -2.16. The maximum atomic E-state index is 13.6. The fraction of sp³-hybridized carbons (Fsp3) is 0.300. The van der Waals surface area contributed by atoms with Crippen LogP contribution in [0.3, 0.4) is 0 Å². The van der Waals surface area contributed by atoms with Crippen molar-refractivity contribution in [3.63, 3.8) is 0 Å². The van der Waals surface area contributed by atoms with Crippen LogP contribution in [0.1, 0.15) is 30.1 Å². The molecule has 1 atom stereocenters. The molecule has 2 aromatic rings. The van der Waals surface area contributed by atoms with E-state index in [0.717, 1.165) is 12.8 Å². The SMILES string of the molecule is C[C@H](OC(=O)c1cccc(S(=O)(=O)N2CCCC2)c1)C(=O)Nc1ccccc1F. The standard InChI is InChI=1S/C20H21FN2O5S/c1-14(19(24)22-18-10-3-2-9-17(18)21)28-20(25)15-7-6-8-16(13-15)29(26,27)23-11-4-5-12-23/h2-3,6-10,13-14H,4-5,11-12H2,1H3,(H,22,24)/t14-/m0/s1. The Bertz CT molecular complexity index is 1020. The van der Waals surface area contributed by atoms with Crippen LogP contribution in [0.4, 0.5) is 10.1 Å². The Morgan fingerprint density at radius 1 is 1.10 bits per heavy atom. The first-order valence-electron chi connectivity index (χ1n) is 9.15. The zero-order chi connectivity index (χ0) is 21.0. The van der Waals surface area contributed by atoms with E-state index in [0.29, 0.717) is 13.1 Å². The second kappa shape index (κ2) is 8.71. The number of rotatable bonds is 6. The summed E-state index contributed by atoms with van der Waals surface area (Å²) >= 11 is 0. The van der Waals surface area contributed by atoms with Gasteiger partial charge in [0, 0.05) is 13.1 Å². The Labute approximate surface area is 168 Å². The number of sulfonamides is 1. The molecule has 0 unspecified atom stereocenters. The molecule has 0 radical (unpaired) electrons. The maximum absolute atomic E-state index is 13.6. The lowest BCUT2D eigenvalue weighted by atomic mass is 10.2. The molecule has 7 nitrogen and oxygen atoms in total. The molecule has 0 bridgehead atoms. The summed E-state index contributed by atoms with van der Waals surface area (Å²) in [6.07, 6.45) is 0.395. The van der Waals surface area contributed by atoms with Crippen molar-refractivity contribution in [2.45, 2.75) is 30.8 Å². The van der Waals surface area contributed by atoms with Gasteiger partial charge in [0.1, 0.15) is 5.82 Å². The van der Waals surface area contributed by atoms with E-state index < -0.39 is 33.8 Å². The first-order chi connectivity index (χ1) is 13.8. The first-order valence-corrected chi connectivity index (χ1v) is 10.6. The molecule has 1 N–H and O–H groups in total. The summed E-state index contributed by atoms with van der Waals surface area (Å²) in [4.78, 5) is 24.6. The van der Waals surface area contributed by atoms with E-state index in [-0.39, 0.29) is 16.1 Å². The number of carbonyl (C=O) groups excluding carboxylic acids is 2. The zero-order valence-corrected chi connectivity index (χ0v) is 16.6. The van der Waals surface area contributed by atoms with Crippen molar-refractivity contribution < 1.29 is 27.1 Å². The molecule has 29 heavy (non-hydrogen) atoms. The van der Waals surface area contributed by atoms with Gasteiger partial charge in [0.2, 0.25) is 10.0 Å². The minimum absolute atomic E-state index is 0.00249. The van der Waals surface area contributed by atoms with E-state index in [1.54, 1.807) is 6.07 Å². The number of nitrogens with zero attached hydrogens (tertiary/aromatic N) is 1. The average Bonchev–Trinajstić information content (AvgIpc) is 3.25. The second-order valence-electron chi connectivity index (χ2n) is 6.66. The zero-order valence-electron chi connectivity index (χ0n) is 15.8. The highest BCUT2D eigenvalue weighted by Gasteiger charge is 2.28. The predicted molar refractivity (Wildman–Crippen MR) is 104 cm³/mol. The number of anilines is 1. The normalized spacial score (nSPS) is 15.7. The number of ether oxygens (including phenoxy) is 1. The number of hydrogen-bond donors (Lipinski definition) is 1. The Balaban J connectivity index is 1.69. The summed E-state index contributed by atoms with van der Waals surface area (Å²) in [6, 6.07) is 11.1. The third-order valence-electron chi connectivity index (χ3n) is 4.56. The van der Waals surface area contributed by atoms with Gasteiger partial charge in [0.15, 0.2) is 6.10 Å². The molecule has 2 aromatic carbocycles. The smallest absolute Gasteiger partial charge is 0.338 e. The first kappa shape index (κ1) is 20.9. The minimum Gasteiger partial charge on any atom is -0.449 e. The number of hydrogen-bond acceptors (Lipinski definition) is 5.